The molecule has 1 aliphatic carbocycles. The molecule has 0 aromatic carbocycles. The lowest BCUT2D eigenvalue weighted by Crippen LogP contribution is -2.34. The molecule has 0 bridgehead atoms. The van der Waals surface area contributed by atoms with Crippen LogP contribution >= 0.6 is 18.1 Å². The number of carbonyl (C=O) groups excluding carboxylic acids is 1. The van der Waals surface area contributed by atoms with E-state index in [4.69, 9.17) is 19.7 Å². The van der Waals surface area contributed by atoms with Crippen molar-refractivity contribution in [2.45, 2.75) is 64.8 Å². The van der Waals surface area contributed by atoms with Gasteiger partial charge in [-0.2, -0.15) is 4.98 Å². The van der Waals surface area contributed by atoms with E-state index in [1.165, 1.54) is 0 Å². The first-order chi connectivity index (χ1) is 16.5. The zero-order valence-corrected chi connectivity index (χ0v) is 22.2. The van der Waals surface area contributed by atoms with Crippen LogP contribution in [0.3, 0.4) is 0 Å². The molecule has 4 rings (SSSR count). The lowest BCUT2D eigenvalue weighted by Gasteiger charge is -2.24. The van der Waals surface area contributed by atoms with Crippen molar-refractivity contribution < 1.29 is 23.4 Å². The van der Waals surface area contributed by atoms with Gasteiger partial charge in [-0.3, -0.25) is 19.1 Å². The Hall–Kier alpha value is -1.92. The number of hydrogen-bond acceptors (Lipinski definition) is 10. The zero-order valence-electron chi connectivity index (χ0n) is 20.5. The molecule has 12 nitrogen and oxygen atoms in total. The number of aromatic nitrogens is 4. The molecule has 1 spiro atoms. The van der Waals surface area contributed by atoms with Crippen LogP contribution in [0.4, 0.5) is 5.95 Å². The maximum absolute atomic E-state index is 13.4. The van der Waals surface area contributed by atoms with Crippen LogP contribution in [0.15, 0.2) is 11.1 Å². The largest absolute Gasteiger partial charge is 0.465 e. The average molecular weight is 529 g/mol. The van der Waals surface area contributed by atoms with Gasteiger partial charge in [0.05, 0.1) is 37.3 Å². The van der Waals surface area contributed by atoms with Crippen molar-refractivity contribution in [1.29, 1.82) is 0 Å². The molecule has 14 heteroatoms. The third-order valence-corrected chi connectivity index (χ3v) is 11.1. The quantitative estimate of drug-likeness (QED) is 0.306. The van der Waals surface area contributed by atoms with Crippen LogP contribution in [0, 0.1) is 11.8 Å². The van der Waals surface area contributed by atoms with Gasteiger partial charge in [0.25, 0.3) is 5.56 Å². The summed E-state index contributed by atoms with van der Waals surface area (Å²) in [7, 11) is 0. The number of aromatic amines is 1. The summed E-state index contributed by atoms with van der Waals surface area (Å²) in [6, 6.07) is -0.820. The molecule has 0 amide bonds. The van der Waals surface area contributed by atoms with Crippen molar-refractivity contribution in [3.63, 3.8) is 0 Å². The summed E-state index contributed by atoms with van der Waals surface area (Å²) >= 11 is 1.14. The van der Waals surface area contributed by atoms with E-state index in [1.807, 2.05) is 11.5 Å². The maximum atomic E-state index is 13.4. The van der Waals surface area contributed by atoms with E-state index < -0.39 is 24.3 Å². The Morgan fingerprint density at radius 3 is 2.91 bits per heavy atom. The highest BCUT2D eigenvalue weighted by Crippen LogP contribution is 2.64. The third-order valence-electron chi connectivity index (χ3n) is 6.92. The first kappa shape index (κ1) is 26.2. The third kappa shape index (κ3) is 4.89. The number of nitrogen functional groups attached to an aromatic ring is 1. The van der Waals surface area contributed by atoms with Crippen molar-refractivity contribution in [3.05, 3.63) is 16.7 Å². The summed E-state index contributed by atoms with van der Waals surface area (Å²) in [5, 5.41) is 2.83. The van der Waals surface area contributed by atoms with Crippen molar-refractivity contribution in [2.24, 2.45) is 11.8 Å². The van der Waals surface area contributed by atoms with Crippen LogP contribution in [-0.2, 0) is 23.4 Å². The molecular weight excluding hydrogens is 495 g/mol. The van der Waals surface area contributed by atoms with E-state index in [-0.39, 0.29) is 54.2 Å². The summed E-state index contributed by atoms with van der Waals surface area (Å²) in [5.74, 6) is 0.397. The van der Waals surface area contributed by atoms with E-state index in [0.717, 1.165) is 17.8 Å². The predicted molar refractivity (Wildman–Crippen MR) is 133 cm³/mol. The number of hydrogen-bond donors (Lipinski definition) is 3. The Bertz CT molecular complexity index is 1200. The minimum atomic E-state index is -3.37. The van der Waals surface area contributed by atoms with Gasteiger partial charge in [-0.15, -0.1) is 0 Å². The van der Waals surface area contributed by atoms with E-state index in [1.54, 1.807) is 20.2 Å². The highest BCUT2D eigenvalue weighted by Gasteiger charge is 2.67. The second-order valence-electron chi connectivity index (χ2n) is 9.07. The maximum Gasteiger partial charge on any atom is 0.327 e. The number of fused-ring (bicyclic) bond motifs is 1. The molecule has 194 valence electrons. The normalized spacial score (nSPS) is 30.4. The van der Waals surface area contributed by atoms with Gasteiger partial charge in [-0.05, 0) is 25.7 Å². The second-order valence-corrected chi connectivity index (χ2v) is 13.6. The number of ether oxygens (including phenoxy) is 2. The molecule has 2 aromatic heterocycles. The summed E-state index contributed by atoms with van der Waals surface area (Å²) in [6.07, 6.45) is 2.04. The van der Waals surface area contributed by atoms with E-state index >= 15 is 0 Å². The van der Waals surface area contributed by atoms with Crippen LogP contribution in [-0.4, -0.2) is 62.2 Å². The number of esters is 1. The zero-order chi connectivity index (χ0) is 25.5. The minimum absolute atomic E-state index is 0.0349. The fourth-order valence-corrected chi connectivity index (χ4v) is 8.43. The number of H-pyrrole nitrogens is 1. The van der Waals surface area contributed by atoms with Crippen LogP contribution in [0.1, 0.15) is 47.1 Å². The highest BCUT2D eigenvalue weighted by molar-refractivity contribution is 8.56. The molecule has 2 aliphatic rings. The van der Waals surface area contributed by atoms with E-state index in [9.17, 15) is 14.2 Å². The molecule has 4 N–H and O–H groups in total. The number of nitrogens with zero attached hydrogens (tertiary/aromatic N) is 3. The predicted octanol–water partition coefficient (Wildman–Crippen LogP) is 2.48. The van der Waals surface area contributed by atoms with Gasteiger partial charge in [0.15, 0.2) is 11.2 Å². The Morgan fingerprint density at radius 2 is 2.23 bits per heavy atom. The van der Waals surface area contributed by atoms with Gasteiger partial charge in [0.2, 0.25) is 5.95 Å². The first-order valence-corrected chi connectivity index (χ1v) is 15.0. The lowest BCUT2D eigenvalue weighted by atomic mass is 9.89. The van der Waals surface area contributed by atoms with Gasteiger partial charge in [-0.25, -0.2) is 10.1 Å². The van der Waals surface area contributed by atoms with Crippen molar-refractivity contribution in [2.75, 3.05) is 24.7 Å². The van der Waals surface area contributed by atoms with E-state index in [0.29, 0.717) is 11.4 Å². The number of nitrogens with one attached hydrogen (secondary N) is 2. The van der Waals surface area contributed by atoms with Crippen molar-refractivity contribution in [1.82, 2.24) is 24.6 Å². The van der Waals surface area contributed by atoms with Crippen molar-refractivity contribution >= 4 is 41.2 Å². The molecule has 1 saturated carbocycles. The van der Waals surface area contributed by atoms with E-state index in [2.05, 4.69) is 33.9 Å². The Balaban J connectivity index is 1.46. The van der Waals surface area contributed by atoms with Crippen molar-refractivity contribution in [3.8, 4) is 0 Å². The molecule has 0 radical (unpaired) electrons. The smallest absolute Gasteiger partial charge is 0.327 e. The molecular formula is C21H33N6O6PS. The average Bonchev–Trinajstić information content (AvgIpc) is 3.27. The van der Waals surface area contributed by atoms with Gasteiger partial charge < -0.3 is 24.3 Å². The molecule has 7 atom stereocenters. The van der Waals surface area contributed by atoms with Gasteiger partial charge >= 0.3 is 12.7 Å². The number of carbonyl (C=O) groups is 1. The standard InChI is InChI=1S/C21H33N6O6PS/c1-6-31-19(29)13(5)26-34(30,35-7-2)32-9-14-11(3)12(4)21(33-14)8-15(21)27-10-23-16-17(27)24-20(22)25-18(16)28/h10-15H,6-9H2,1-5H3,(H,26,30)(H3,22,24,25,28)/t11-,12-,13+,14+,15?,21?,34?/m0/s1. The van der Waals surface area contributed by atoms with Crippen LogP contribution in [0.5, 0.6) is 0 Å². The number of anilines is 1. The lowest BCUT2D eigenvalue weighted by molar-refractivity contribution is -0.144. The molecule has 2 fully saturated rings. The summed E-state index contributed by atoms with van der Waals surface area (Å²) < 4.78 is 32.7. The summed E-state index contributed by atoms with van der Waals surface area (Å²) in [5.41, 5.74) is 5.56. The van der Waals surface area contributed by atoms with Crippen LogP contribution < -0.4 is 16.4 Å². The topological polar surface area (TPSA) is 163 Å². The minimum Gasteiger partial charge on any atom is -0.465 e. The van der Waals surface area contributed by atoms with Crippen LogP contribution in [0.25, 0.3) is 11.2 Å². The Labute approximate surface area is 207 Å². The second kappa shape index (κ2) is 9.85. The molecule has 2 aromatic rings. The molecule has 35 heavy (non-hydrogen) atoms. The van der Waals surface area contributed by atoms with Gasteiger partial charge in [0, 0.05) is 12.2 Å². The van der Waals surface area contributed by atoms with Gasteiger partial charge in [0.1, 0.15) is 6.04 Å². The number of rotatable bonds is 10. The summed E-state index contributed by atoms with van der Waals surface area (Å²) in [6.45, 7) is 6.39. The molecule has 3 heterocycles. The first-order valence-electron chi connectivity index (χ1n) is 11.8. The summed E-state index contributed by atoms with van der Waals surface area (Å²) in [4.78, 5) is 35.1. The highest BCUT2D eigenvalue weighted by atomic mass is 32.7. The number of imidazole rings is 1. The van der Waals surface area contributed by atoms with Gasteiger partial charge in [-0.1, -0.05) is 32.2 Å². The molecule has 3 unspecified atom stereocenters. The Kier molecular flexibility index (Phi) is 7.36. The molecule has 1 saturated heterocycles. The fourth-order valence-electron chi connectivity index (χ4n) is 4.82. The number of nitrogens with two attached hydrogens (primary N) is 1. The fraction of sp³-hybridized carbons (Fsp3) is 0.714. The Morgan fingerprint density at radius 1 is 1.49 bits per heavy atom. The SMILES string of the molecule is CCOC(=O)[C@@H](C)NP(=O)(OC[C@H]1OC2(CC2n2cnc3c(=O)[nH]c(N)nc32)[C@@H](C)[C@@H]1C)SCC. The molecule has 1 aliphatic heterocycles. The monoisotopic (exact) mass is 528 g/mol. The van der Waals surface area contributed by atoms with Crippen LogP contribution in [0.2, 0.25) is 0 Å².